The van der Waals surface area contributed by atoms with Gasteiger partial charge in [-0.05, 0) is 24.1 Å². The van der Waals surface area contributed by atoms with Crippen LogP contribution >= 0.6 is 0 Å². The lowest BCUT2D eigenvalue weighted by molar-refractivity contribution is -0.139. The summed E-state index contributed by atoms with van der Waals surface area (Å²) in [7, 11) is 3.07. The molecule has 0 amide bonds. The van der Waals surface area contributed by atoms with Crippen LogP contribution in [-0.2, 0) is 22.5 Å². The number of methoxy groups -OCH3 is 2. The molecule has 0 unspecified atom stereocenters. The summed E-state index contributed by atoms with van der Waals surface area (Å²) in [5.74, 6) is 0.459. The lowest BCUT2D eigenvalue weighted by Crippen LogP contribution is -2.08. The molecule has 4 heteroatoms. The minimum Gasteiger partial charge on any atom is -0.494 e. The van der Waals surface area contributed by atoms with Crippen LogP contribution in [0.2, 0.25) is 0 Å². The van der Waals surface area contributed by atoms with E-state index < -0.39 is 0 Å². The summed E-state index contributed by atoms with van der Waals surface area (Å²) in [6, 6.07) is 20.8. The summed E-state index contributed by atoms with van der Waals surface area (Å²) < 4.78 is 13.0. The van der Waals surface area contributed by atoms with E-state index in [1.807, 2.05) is 24.3 Å². The zero-order valence-electron chi connectivity index (χ0n) is 16.4. The average molecular weight is 373 g/mol. The van der Waals surface area contributed by atoms with Gasteiger partial charge in [0.1, 0.15) is 5.75 Å². The number of carbonyl (C=O) groups excluding carboxylic acids is 1. The van der Waals surface area contributed by atoms with Crippen molar-refractivity contribution in [2.45, 2.75) is 19.9 Å². The second-order valence-corrected chi connectivity index (χ2v) is 6.95. The maximum atomic E-state index is 12.0. The van der Waals surface area contributed by atoms with Crippen molar-refractivity contribution >= 4 is 27.8 Å². The number of rotatable bonds is 5. The molecule has 28 heavy (non-hydrogen) atoms. The highest BCUT2D eigenvalue weighted by atomic mass is 16.5. The van der Waals surface area contributed by atoms with Crippen molar-refractivity contribution in [3.63, 3.8) is 0 Å². The van der Waals surface area contributed by atoms with E-state index >= 15 is 0 Å². The normalized spacial score (nSPS) is 11.1. The van der Waals surface area contributed by atoms with E-state index in [0.717, 1.165) is 39.8 Å². The SMILES string of the molecule is COC(=O)Cc1cc(C)c2c3ccccc3n(Cc3ccccc3)c2c1OC. The molecule has 0 bridgehead atoms. The van der Waals surface area contributed by atoms with Gasteiger partial charge >= 0.3 is 5.97 Å². The Morgan fingerprint density at radius 1 is 1.00 bits per heavy atom. The molecule has 0 saturated carbocycles. The molecule has 4 aromatic rings. The van der Waals surface area contributed by atoms with E-state index in [4.69, 9.17) is 9.47 Å². The van der Waals surface area contributed by atoms with Crippen molar-refractivity contribution in [3.05, 3.63) is 77.4 Å². The standard InChI is InChI=1S/C24H23NO3/c1-16-13-18(14-21(26)27-2)24(28-3)23-22(16)19-11-7-8-12-20(19)25(23)15-17-9-5-4-6-10-17/h4-13H,14-15H2,1-3H3. The molecule has 1 aromatic heterocycles. The van der Waals surface area contributed by atoms with Crippen LogP contribution in [0, 0.1) is 6.92 Å². The molecule has 0 saturated heterocycles. The Balaban J connectivity index is 2.05. The number of benzene rings is 3. The molecule has 0 radical (unpaired) electrons. The van der Waals surface area contributed by atoms with Gasteiger partial charge < -0.3 is 14.0 Å². The summed E-state index contributed by atoms with van der Waals surface area (Å²) in [6.45, 7) is 2.81. The van der Waals surface area contributed by atoms with Gasteiger partial charge in [0, 0.05) is 28.4 Å². The first-order chi connectivity index (χ1) is 13.6. The van der Waals surface area contributed by atoms with Crippen molar-refractivity contribution in [1.82, 2.24) is 4.57 Å². The molecule has 0 fully saturated rings. The number of ether oxygens (including phenoxy) is 2. The highest BCUT2D eigenvalue weighted by Gasteiger charge is 2.21. The van der Waals surface area contributed by atoms with Gasteiger partial charge in [-0.15, -0.1) is 0 Å². The van der Waals surface area contributed by atoms with Crippen LogP contribution < -0.4 is 4.74 Å². The third kappa shape index (κ3) is 3.01. The number of aromatic nitrogens is 1. The molecular formula is C24H23NO3. The van der Waals surface area contributed by atoms with Gasteiger partial charge in [0.15, 0.2) is 0 Å². The smallest absolute Gasteiger partial charge is 0.310 e. The summed E-state index contributed by atoms with van der Waals surface area (Å²) in [5.41, 5.74) is 5.35. The predicted molar refractivity (Wildman–Crippen MR) is 112 cm³/mol. The largest absolute Gasteiger partial charge is 0.494 e. The molecular weight excluding hydrogens is 350 g/mol. The van der Waals surface area contributed by atoms with Gasteiger partial charge in [0.25, 0.3) is 0 Å². The second-order valence-electron chi connectivity index (χ2n) is 6.95. The van der Waals surface area contributed by atoms with Crippen LogP contribution in [0.25, 0.3) is 21.8 Å². The molecule has 4 rings (SSSR count). The third-order valence-corrected chi connectivity index (χ3v) is 5.21. The second kappa shape index (κ2) is 7.39. The Morgan fingerprint density at radius 2 is 1.71 bits per heavy atom. The monoisotopic (exact) mass is 373 g/mol. The lowest BCUT2D eigenvalue weighted by atomic mass is 10.0. The van der Waals surface area contributed by atoms with Crippen molar-refractivity contribution in [2.24, 2.45) is 0 Å². The molecule has 1 heterocycles. The van der Waals surface area contributed by atoms with Gasteiger partial charge in [-0.25, -0.2) is 0 Å². The van der Waals surface area contributed by atoms with E-state index in [1.165, 1.54) is 18.1 Å². The van der Waals surface area contributed by atoms with Gasteiger partial charge in [-0.2, -0.15) is 0 Å². The van der Waals surface area contributed by atoms with Gasteiger partial charge in [0.2, 0.25) is 0 Å². The van der Waals surface area contributed by atoms with Crippen LogP contribution in [0.1, 0.15) is 16.7 Å². The van der Waals surface area contributed by atoms with Gasteiger partial charge in [-0.3, -0.25) is 4.79 Å². The summed E-state index contributed by atoms with van der Waals surface area (Å²) in [4.78, 5) is 12.0. The number of aryl methyl sites for hydroxylation is 1. The molecule has 0 aliphatic heterocycles. The van der Waals surface area contributed by atoms with Crippen molar-refractivity contribution in [2.75, 3.05) is 14.2 Å². The highest BCUT2D eigenvalue weighted by Crippen LogP contribution is 2.40. The van der Waals surface area contributed by atoms with Crippen molar-refractivity contribution < 1.29 is 14.3 Å². The first-order valence-corrected chi connectivity index (χ1v) is 9.32. The fraction of sp³-hybridized carbons (Fsp3) is 0.208. The molecule has 0 spiro atoms. The van der Waals surface area contributed by atoms with Gasteiger partial charge in [-0.1, -0.05) is 54.6 Å². The Hall–Kier alpha value is -3.27. The Bertz CT molecular complexity index is 1160. The van der Waals surface area contributed by atoms with E-state index in [1.54, 1.807) is 7.11 Å². The Kier molecular flexibility index (Phi) is 4.78. The molecule has 0 aliphatic carbocycles. The van der Waals surface area contributed by atoms with Crippen LogP contribution in [-0.4, -0.2) is 24.8 Å². The maximum Gasteiger partial charge on any atom is 0.310 e. The van der Waals surface area contributed by atoms with E-state index in [9.17, 15) is 4.79 Å². The molecule has 142 valence electrons. The lowest BCUT2D eigenvalue weighted by Gasteiger charge is -2.15. The van der Waals surface area contributed by atoms with Crippen LogP contribution in [0.4, 0.5) is 0 Å². The molecule has 0 N–H and O–H groups in total. The first kappa shape index (κ1) is 18.1. The Labute approximate surface area is 164 Å². The highest BCUT2D eigenvalue weighted by molar-refractivity contribution is 6.12. The number of para-hydroxylation sites is 1. The Morgan fingerprint density at radius 3 is 2.43 bits per heavy atom. The van der Waals surface area contributed by atoms with E-state index in [-0.39, 0.29) is 12.4 Å². The fourth-order valence-corrected chi connectivity index (χ4v) is 4.01. The van der Waals surface area contributed by atoms with Crippen LogP contribution in [0.5, 0.6) is 5.75 Å². The molecule has 4 nitrogen and oxygen atoms in total. The quantitative estimate of drug-likeness (QED) is 0.468. The fourth-order valence-electron chi connectivity index (χ4n) is 4.01. The number of carbonyl (C=O) groups is 1. The minimum atomic E-state index is -0.275. The van der Waals surface area contributed by atoms with Crippen LogP contribution in [0.15, 0.2) is 60.7 Å². The van der Waals surface area contributed by atoms with E-state index in [2.05, 4.69) is 47.9 Å². The van der Waals surface area contributed by atoms with Crippen LogP contribution in [0.3, 0.4) is 0 Å². The van der Waals surface area contributed by atoms with E-state index in [0.29, 0.717) is 0 Å². The number of hydrogen-bond donors (Lipinski definition) is 0. The zero-order chi connectivity index (χ0) is 19.7. The number of fused-ring (bicyclic) bond motifs is 3. The molecule has 0 atom stereocenters. The summed E-state index contributed by atoms with van der Waals surface area (Å²) in [5, 5.41) is 2.35. The third-order valence-electron chi connectivity index (χ3n) is 5.21. The number of hydrogen-bond acceptors (Lipinski definition) is 3. The molecule has 0 aliphatic rings. The van der Waals surface area contributed by atoms with Gasteiger partial charge in [0.05, 0.1) is 26.2 Å². The number of nitrogens with zero attached hydrogens (tertiary/aromatic N) is 1. The average Bonchev–Trinajstić information content (AvgIpc) is 3.04. The number of esters is 1. The molecule has 3 aromatic carbocycles. The maximum absolute atomic E-state index is 12.0. The zero-order valence-corrected chi connectivity index (χ0v) is 16.4. The topological polar surface area (TPSA) is 40.5 Å². The minimum absolute atomic E-state index is 0.184. The van der Waals surface area contributed by atoms with Crippen molar-refractivity contribution in [1.29, 1.82) is 0 Å². The first-order valence-electron chi connectivity index (χ1n) is 9.32. The summed E-state index contributed by atoms with van der Waals surface area (Å²) >= 11 is 0. The predicted octanol–water partition coefficient (Wildman–Crippen LogP) is 4.88. The summed E-state index contributed by atoms with van der Waals surface area (Å²) in [6.07, 6.45) is 0.184. The van der Waals surface area contributed by atoms with Crippen molar-refractivity contribution in [3.8, 4) is 5.75 Å².